The summed E-state index contributed by atoms with van der Waals surface area (Å²) in [4.78, 5) is 20.3. The van der Waals surface area contributed by atoms with Crippen LogP contribution in [-0.2, 0) is 19.6 Å². The molecule has 0 aliphatic heterocycles. The summed E-state index contributed by atoms with van der Waals surface area (Å²) in [5.41, 5.74) is -0.563. The van der Waals surface area contributed by atoms with Crippen molar-refractivity contribution in [3.63, 3.8) is 0 Å². The van der Waals surface area contributed by atoms with Crippen LogP contribution in [0.1, 0.15) is 13.3 Å². The molecule has 0 heterocycles. The Hall–Kier alpha value is -2.07. The summed E-state index contributed by atoms with van der Waals surface area (Å²) in [7, 11) is -3.20. The largest absolute Gasteiger partial charge is 0.468 e. The average Bonchev–Trinajstić information content (AvgIpc) is 2.45. The van der Waals surface area contributed by atoms with Crippen molar-refractivity contribution in [2.45, 2.75) is 18.2 Å². The number of nitrogens with zero attached hydrogens (tertiary/aromatic N) is 2. The van der Waals surface area contributed by atoms with Gasteiger partial charge in [0.1, 0.15) is 17.3 Å². The molecule has 0 fully saturated rings. The Kier molecular flexibility index (Phi) is 5.94. The van der Waals surface area contributed by atoms with Gasteiger partial charge in [-0.05, 0) is 12.5 Å². The third-order valence-corrected chi connectivity index (χ3v) is 4.63. The first kappa shape index (κ1) is 18.0. The van der Waals surface area contributed by atoms with Gasteiger partial charge in [0.15, 0.2) is 0 Å². The lowest BCUT2D eigenvalue weighted by molar-refractivity contribution is -0.385. The molecule has 122 valence electrons. The number of carbonyl (C=O) groups is 1. The van der Waals surface area contributed by atoms with Crippen molar-refractivity contribution in [2.24, 2.45) is 0 Å². The second-order valence-electron chi connectivity index (χ2n) is 4.29. The first-order chi connectivity index (χ1) is 10.2. The Morgan fingerprint density at radius 1 is 1.45 bits per heavy atom. The number of ether oxygens (including phenoxy) is 1. The molecule has 8 nitrogen and oxygen atoms in total. The summed E-state index contributed by atoms with van der Waals surface area (Å²) in [6.07, 6.45) is 0.394. The van der Waals surface area contributed by atoms with Gasteiger partial charge in [-0.3, -0.25) is 14.9 Å². The highest BCUT2D eigenvalue weighted by Crippen LogP contribution is 2.23. The van der Waals surface area contributed by atoms with E-state index < -0.39 is 43.9 Å². The normalized spacial score (nSPS) is 11.5. The molecule has 0 unspecified atom stereocenters. The Labute approximate surface area is 126 Å². The van der Waals surface area contributed by atoms with Crippen molar-refractivity contribution in [1.29, 1.82) is 0 Å². The SMILES string of the molecule is CCCN(CC(=O)OC)S(=O)(=O)c1ccc([N+](=O)[O-])cc1F. The fraction of sp³-hybridized carbons (Fsp3) is 0.417. The van der Waals surface area contributed by atoms with Gasteiger partial charge in [-0.15, -0.1) is 0 Å². The van der Waals surface area contributed by atoms with Crippen LogP contribution in [0, 0.1) is 15.9 Å². The third-order valence-electron chi connectivity index (χ3n) is 2.75. The van der Waals surface area contributed by atoms with Gasteiger partial charge in [0, 0.05) is 12.6 Å². The molecule has 0 aliphatic rings. The molecule has 22 heavy (non-hydrogen) atoms. The zero-order valence-electron chi connectivity index (χ0n) is 12.0. The summed E-state index contributed by atoms with van der Waals surface area (Å²) < 4.78 is 43.8. The standard InChI is InChI=1S/C12H15FN2O6S/c1-3-6-14(8-12(16)21-2)22(19,20)11-5-4-9(15(17)18)7-10(11)13/h4-5,7H,3,6,8H2,1-2H3. The lowest BCUT2D eigenvalue weighted by Gasteiger charge is -2.20. The summed E-state index contributed by atoms with van der Waals surface area (Å²) >= 11 is 0. The minimum absolute atomic E-state index is 0.0200. The highest BCUT2D eigenvalue weighted by atomic mass is 32.2. The Morgan fingerprint density at radius 2 is 2.09 bits per heavy atom. The molecule has 0 N–H and O–H groups in total. The Morgan fingerprint density at radius 3 is 2.55 bits per heavy atom. The maximum atomic E-state index is 13.9. The molecule has 0 saturated carbocycles. The molecule has 10 heteroatoms. The minimum atomic E-state index is -4.31. The highest BCUT2D eigenvalue weighted by molar-refractivity contribution is 7.89. The zero-order valence-corrected chi connectivity index (χ0v) is 12.8. The maximum absolute atomic E-state index is 13.9. The second kappa shape index (κ2) is 7.27. The van der Waals surface area contributed by atoms with Crippen LogP contribution in [0.5, 0.6) is 0 Å². The molecule has 1 aromatic carbocycles. The number of nitro groups is 1. The van der Waals surface area contributed by atoms with Crippen molar-refractivity contribution < 1.29 is 27.3 Å². The van der Waals surface area contributed by atoms with E-state index in [0.29, 0.717) is 12.5 Å². The number of non-ortho nitro benzene ring substituents is 1. The van der Waals surface area contributed by atoms with Crippen LogP contribution >= 0.6 is 0 Å². The van der Waals surface area contributed by atoms with Gasteiger partial charge in [-0.25, -0.2) is 12.8 Å². The van der Waals surface area contributed by atoms with Gasteiger partial charge in [0.25, 0.3) is 5.69 Å². The molecule has 0 spiro atoms. The van der Waals surface area contributed by atoms with E-state index in [2.05, 4.69) is 4.74 Å². The molecule has 0 aromatic heterocycles. The van der Waals surface area contributed by atoms with E-state index >= 15 is 0 Å². The van der Waals surface area contributed by atoms with Crippen LogP contribution in [0.15, 0.2) is 23.1 Å². The number of methoxy groups -OCH3 is 1. The first-order valence-corrected chi connectivity index (χ1v) is 7.69. The molecule has 0 amide bonds. The zero-order chi connectivity index (χ0) is 16.9. The van der Waals surface area contributed by atoms with Crippen molar-refractivity contribution in [3.05, 3.63) is 34.1 Å². The number of hydrogen-bond acceptors (Lipinski definition) is 6. The summed E-state index contributed by atoms with van der Waals surface area (Å²) in [5, 5.41) is 10.6. The number of halogens is 1. The quantitative estimate of drug-likeness (QED) is 0.423. The van der Waals surface area contributed by atoms with Crippen molar-refractivity contribution in [3.8, 4) is 0 Å². The Balaban J connectivity index is 3.24. The van der Waals surface area contributed by atoms with Crippen LogP contribution in [0.2, 0.25) is 0 Å². The number of nitro benzene ring substituents is 1. The van der Waals surface area contributed by atoms with Crippen LogP contribution in [0.4, 0.5) is 10.1 Å². The van der Waals surface area contributed by atoms with E-state index in [9.17, 15) is 27.7 Å². The van der Waals surface area contributed by atoms with Crippen LogP contribution in [-0.4, -0.2) is 43.8 Å². The van der Waals surface area contributed by atoms with E-state index in [1.165, 1.54) is 0 Å². The molecular weight excluding hydrogens is 319 g/mol. The summed E-state index contributed by atoms with van der Waals surface area (Å²) in [6, 6.07) is 2.22. The number of sulfonamides is 1. The summed E-state index contributed by atoms with van der Waals surface area (Å²) in [6.45, 7) is 1.10. The number of rotatable bonds is 7. The number of hydrogen-bond donors (Lipinski definition) is 0. The molecule has 0 radical (unpaired) electrons. The van der Waals surface area contributed by atoms with E-state index in [0.717, 1.165) is 23.5 Å². The van der Waals surface area contributed by atoms with Gasteiger partial charge in [0.2, 0.25) is 10.0 Å². The molecule has 0 bridgehead atoms. The minimum Gasteiger partial charge on any atom is -0.468 e. The van der Waals surface area contributed by atoms with Gasteiger partial charge in [0.05, 0.1) is 18.1 Å². The van der Waals surface area contributed by atoms with E-state index in [4.69, 9.17) is 0 Å². The summed E-state index contributed by atoms with van der Waals surface area (Å²) in [5.74, 6) is -2.04. The predicted octanol–water partition coefficient (Wildman–Crippen LogP) is 1.31. The molecule has 1 rings (SSSR count). The lowest BCUT2D eigenvalue weighted by Crippen LogP contribution is -2.37. The molecule has 0 saturated heterocycles. The van der Waals surface area contributed by atoms with E-state index in [1.54, 1.807) is 6.92 Å². The lowest BCUT2D eigenvalue weighted by atomic mass is 10.3. The second-order valence-corrected chi connectivity index (χ2v) is 6.19. The van der Waals surface area contributed by atoms with Crippen molar-refractivity contribution >= 4 is 21.7 Å². The van der Waals surface area contributed by atoms with E-state index in [1.807, 2.05) is 0 Å². The van der Waals surface area contributed by atoms with Gasteiger partial charge < -0.3 is 4.74 Å². The van der Waals surface area contributed by atoms with Gasteiger partial charge in [-0.1, -0.05) is 6.92 Å². The van der Waals surface area contributed by atoms with Crippen LogP contribution in [0.25, 0.3) is 0 Å². The van der Waals surface area contributed by atoms with E-state index in [-0.39, 0.29) is 6.54 Å². The first-order valence-electron chi connectivity index (χ1n) is 6.25. The van der Waals surface area contributed by atoms with Crippen LogP contribution < -0.4 is 0 Å². The number of benzene rings is 1. The van der Waals surface area contributed by atoms with Crippen molar-refractivity contribution in [2.75, 3.05) is 20.2 Å². The predicted molar refractivity (Wildman–Crippen MR) is 74.1 cm³/mol. The molecule has 0 atom stereocenters. The highest BCUT2D eigenvalue weighted by Gasteiger charge is 2.30. The maximum Gasteiger partial charge on any atom is 0.321 e. The molecule has 0 aliphatic carbocycles. The van der Waals surface area contributed by atoms with Gasteiger partial charge in [-0.2, -0.15) is 4.31 Å². The molecular formula is C12H15FN2O6S. The average molecular weight is 334 g/mol. The third kappa shape index (κ3) is 3.98. The van der Waals surface area contributed by atoms with Gasteiger partial charge >= 0.3 is 5.97 Å². The Bertz CT molecular complexity index is 676. The molecule has 1 aromatic rings. The fourth-order valence-corrected chi connectivity index (χ4v) is 3.22. The fourth-order valence-electron chi connectivity index (χ4n) is 1.69. The monoisotopic (exact) mass is 334 g/mol. The smallest absolute Gasteiger partial charge is 0.321 e. The van der Waals surface area contributed by atoms with Crippen molar-refractivity contribution in [1.82, 2.24) is 4.31 Å². The van der Waals surface area contributed by atoms with Crippen LogP contribution in [0.3, 0.4) is 0 Å². The topological polar surface area (TPSA) is 107 Å². The number of carbonyl (C=O) groups excluding carboxylic acids is 1. The number of esters is 1.